The Bertz CT molecular complexity index is 1800. The van der Waals surface area contributed by atoms with Crippen LogP contribution in [0.25, 0.3) is 34.1 Å². The Morgan fingerprint density at radius 1 is 0.971 bits per heavy atom. The van der Waals surface area contributed by atoms with Crippen LogP contribution in [0.15, 0.2) is 70.7 Å². The molecule has 12 heteroatoms. The third kappa shape index (κ3) is 3.97. The van der Waals surface area contributed by atoms with Crippen molar-refractivity contribution in [3.05, 3.63) is 88.3 Å². The van der Waals surface area contributed by atoms with Gasteiger partial charge < -0.3 is 0 Å². The summed E-state index contributed by atoms with van der Waals surface area (Å²) in [6.45, 7) is 1.81. The number of aryl methyl sites for hydroxylation is 1. The number of hydrogen-bond donors (Lipinski definition) is 0. The molecule has 0 saturated heterocycles. The fraction of sp³-hybridized carbons (Fsp3) is 0.0870. The van der Waals surface area contributed by atoms with Gasteiger partial charge in [0.1, 0.15) is 17.2 Å². The zero-order chi connectivity index (χ0) is 24.9. The summed E-state index contributed by atoms with van der Waals surface area (Å²) in [5.74, 6) is -1.60. The molecule has 0 fully saturated rings. The molecule has 3 heterocycles. The summed E-state index contributed by atoms with van der Waals surface area (Å²) in [6, 6.07) is 12.7. The first-order chi connectivity index (χ1) is 16.6. The fourth-order valence-electron chi connectivity index (χ4n) is 3.60. The number of benzene rings is 2. The molecule has 0 saturated carbocycles. The van der Waals surface area contributed by atoms with Gasteiger partial charge >= 0.3 is 0 Å². The molecule has 0 spiro atoms. The van der Waals surface area contributed by atoms with Crippen LogP contribution in [-0.2, 0) is 9.84 Å². The molecule has 0 unspecified atom stereocenters. The van der Waals surface area contributed by atoms with E-state index in [9.17, 15) is 22.0 Å². The highest BCUT2D eigenvalue weighted by Gasteiger charge is 2.23. The smallest absolute Gasteiger partial charge is 0.267 e. The highest BCUT2D eigenvalue weighted by molar-refractivity contribution is 7.90. The van der Waals surface area contributed by atoms with Gasteiger partial charge in [-0.15, -0.1) is 5.10 Å². The lowest BCUT2D eigenvalue weighted by Gasteiger charge is -2.12. The van der Waals surface area contributed by atoms with Crippen molar-refractivity contribution < 1.29 is 17.2 Å². The molecule has 176 valence electrons. The van der Waals surface area contributed by atoms with E-state index in [0.29, 0.717) is 11.8 Å². The monoisotopic (exact) mass is 494 g/mol. The summed E-state index contributed by atoms with van der Waals surface area (Å²) < 4.78 is 55.0. The van der Waals surface area contributed by atoms with Gasteiger partial charge in [-0.1, -0.05) is 18.2 Å². The SMILES string of the molecule is Cc1ccccc1-n1nc(-n2c(-c3ccc(F)cc3F)nc3cnc(S(C)(=O)=O)nc32)ccc1=O. The van der Waals surface area contributed by atoms with Gasteiger partial charge in [-0.05, 0) is 36.8 Å². The molecule has 2 aromatic carbocycles. The van der Waals surface area contributed by atoms with E-state index in [1.807, 2.05) is 19.1 Å². The topological polar surface area (TPSA) is 113 Å². The summed E-state index contributed by atoms with van der Waals surface area (Å²) in [7, 11) is -3.79. The Morgan fingerprint density at radius 2 is 1.74 bits per heavy atom. The maximum atomic E-state index is 14.8. The molecule has 35 heavy (non-hydrogen) atoms. The van der Waals surface area contributed by atoms with Gasteiger partial charge in [-0.3, -0.25) is 9.36 Å². The second kappa shape index (κ2) is 8.17. The van der Waals surface area contributed by atoms with E-state index in [0.717, 1.165) is 17.9 Å². The van der Waals surface area contributed by atoms with Gasteiger partial charge in [0.2, 0.25) is 15.0 Å². The minimum absolute atomic E-state index is 0.0154. The Labute approximate surface area is 197 Å². The van der Waals surface area contributed by atoms with Crippen LogP contribution in [0.3, 0.4) is 0 Å². The molecule has 0 aliphatic rings. The Balaban J connectivity index is 1.86. The fourth-order valence-corrected chi connectivity index (χ4v) is 4.10. The van der Waals surface area contributed by atoms with Crippen LogP contribution in [0.2, 0.25) is 0 Å². The number of hydrogen-bond acceptors (Lipinski definition) is 7. The first-order valence-corrected chi connectivity index (χ1v) is 12.1. The predicted octanol–water partition coefficient (Wildman–Crippen LogP) is 3.02. The molecule has 0 amide bonds. The highest BCUT2D eigenvalue weighted by atomic mass is 32.2. The molecule has 5 rings (SSSR count). The van der Waals surface area contributed by atoms with Crippen molar-refractivity contribution in [1.29, 1.82) is 0 Å². The van der Waals surface area contributed by atoms with Crippen LogP contribution in [0, 0.1) is 18.6 Å². The summed E-state index contributed by atoms with van der Waals surface area (Å²) >= 11 is 0. The minimum atomic E-state index is -3.79. The Morgan fingerprint density at radius 3 is 2.46 bits per heavy atom. The van der Waals surface area contributed by atoms with Gasteiger partial charge in [0.15, 0.2) is 17.3 Å². The molecule has 9 nitrogen and oxygen atoms in total. The van der Waals surface area contributed by atoms with Crippen LogP contribution >= 0.6 is 0 Å². The van der Waals surface area contributed by atoms with Gasteiger partial charge in [-0.2, -0.15) is 9.67 Å². The van der Waals surface area contributed by atoms with Crippen molar-refractivity contribution in [3.63, 3.8) is 0 Å². The van der Waals surface area contributed by atoms with E-state index in [1.54, 1.807) is 12.1 Å². The lowest BCUT2D eigenvalue weighted by atomic mass is 10.2. The number of rotatable bonds is 4. The van der Waals surface area contributed by atoms with Crippen LogP contribution in [0.1, 0.15) is 5.56 Å². The lowest BCUT2D eigenvalue weighted by molar-refractivity contribution is 0.584. The Kier molecular flexibility index (Phi) is 5.24. The maximum absolute atomic E-state index is 14.8. The third-order valence-electron chi connectivity index (χ3n) is 5.24. The first-order valence-electron chi connectivity index (χ1n) is 10.2. The normalized spacial score (nSPS) is 11.8. The lowest BCUT2D eigenvalue weighted by Crippen LogP contribution is -2.22. The van der Waals surface area contributed by atoms with Gasteiger partial charge in [0.25, 0.3) is 5.56 Å². The van der Waals surface area contributed by atoms with Gasteiger partial charge in [0, 0.05) is 18.4 Å². The molecule has 5 aromatic rings. The number of sulfone groups is 1. The summed E-state index contributed by atoms with van der Waals surface area (Å²) in [5, 5.41) is 3.97. The largest absolute Gasteiger partial charge is 0.271 e. The van der Waals surface area contributed by atoms with Crippen molar-refractivity contribution in [3.8, 4) is 22.9 Å². The van der Waals surface area contributed by atoms with Crippen LogP contribution in [0.4, 0.5) is 8.78 Å². The Hall–Kier alpha value is -4.32. The average Bonchev–Trinajstić information content (AvgIpc) is 3.18. The zero-order valence-corrected chi connectivity index (χ0v) is 19.2. The molecule has 0 N–H and O–H groups in total. The van der Waals surface area contributed by atoms with Crippen molar-refractivity contribution in [1.82, 2.24) is 29.3 Å². The van der Waals surface area contributed by atoms with E-state index in [2.05, 4.69) is 20.1 Å². The summed E-state index contributed by atoms with van der Waals surface area (Å²) in [4.78, 5) is 25.0. The quantitative estimate of drug-likeness (QED) is 0.353. The van der Waals surface area contributed by atoms with Gasteiger partial charge in [-0.25, -0.2) is 27.2 Å². The van der Waals surface area contributed by atoms with Crippen molar-refractivity contribution >= 4 is 21.0 Å². The average molecular weight is 494 g/mol. The molecule has 0 bridgehead atoms. The molecular formula is C23H16F2N6O3S. The van der Waals surface area contributed by atoms with Crippen molar-refractivity contribution in [2.45, 2.75) is 12.1 Å². The zero-order valence-electron chi connectivity index (χ0n) is 18.3. The maximum Gasteiger partial charge on any atom is 0.271 e. The molecule has 0 aliphatic heterocycles. The molecular weight excluding hydrogens is 478 g/mol. The predicted molar refractivity (Wildman–Crippen MR) is 123 cm³/mol. The van der Waals surface area contributed by atoms with Gasteiger partial charge in [0.05, 0.1) is 17.4 Å². The number of imidazole rings is 1. The number of nitrogens with zero attached hydrogens (tertiary/aromatic N) is 6. The third-order valence-corrected chi connectivity index (χ3v) is 6.10. The van der Waals surface area contributed by atoms with Crippen LogP contribution in [-0.4, -0.2) is 44.0 Å². The van der Waals surface area contributed by atoms with Crippen molar-refractivity contribution in [2.75, 3.05) is 6.26 Å². The molecule has 0 atom stereocenters. The second-order valence-corrected chi connectivity index (χ2v) is 9.67. The molecule has 0 radical (unpaired) electrons. The molecule has 0 aliphatic carbocycles. The van der Waals surface area contributed by atoms with Crippen LogP contribution in [0.5, 0.6) is 0 Å². The van der Waals surface area contributed by atoms with E-state index in [4.69, 9.17) is 0 Å². The number of aromatic nitrogens is 6. The second-order valence-electron chi connectivity index (χ2n) is 7.76. The first kappa shape index (κ1) is 22.5. The summed E-state index contributed by atoms with van der Waals surface area (Å²) in [5.41, 5.74) is 0.952. The van der Waals surface area contributed by atoms with E-state index >= 15 is 0 Å². The number of fused-ring (bicyclic) bond motifs is 1. The summed E-state index contributed by atoms with van der Waals surface area (Å²) in [6.07, 6.45) is 2.14. The molecule has 3 aromatic heterocycles. The van der Waals surface area contributed by atoms with E-state index < -0.39 is 32.2 Å². The van der Waals surface area contributed by atoms with E-state index in [-0.39, 0.29) is 28.4 Å². The van der Waals surface area contributed by atoms with E-state index in [1.165, 1.54) is 33.6 Å². The highest BCUT2D eigenvalue weighted by Crippen LogP contribution is 2.29. The number of halogens is 2. The number of para-hydroxylation sites is 1. The van der Waals surface area contributed by atoms with Crippen LogP contribution < -0.4 is 5.56 Å². The van der Waals surface area contributed by atoms with Crippen molar-refractivity contribution in [2.24, 2.45) is 0 Å². The standard InChI is InChI=1S/C23H16F2N6O3S/c1-13-5-3-4-6-18(13)31-20(32)10-9-19(29-31)30-21(15-8-7-14(24)11-16(15)25)27-17-12-26-23(28-22(17)30)35(2,33)34/h3-12H,1-2H3. The minimum Gasteiger partial charge on any atom is -0.267 e.